The Morgan fingerprint density at radius 3 is 2.09 bits per heavy atom. The molecule has 0 unspecified atom stereocenters. The summed E-state index contributed by atoms with van der Waals surface area (Å²) in [5.74, 6) is -2.23. The molecule has 0 bridgehead atoms. The molecule has 180 valence electrons. The Balaban J connectivity index is 1.43. The van der Waals surface area contributed by atoms with E-state index in [-0.39, 0.29) is 22.1 Å². The van der Waals surface area contributed by atoms with Gasteiger partial charge in [-0.25, -0.2) is 8.78 Å². The second-order valence-electron chi connectivity index (χ2n) is 7.81. The number of carbonyl (C=O) groups excluding carboxylic acids is 2. The second kappa shape index (κ2) is 10.8. The van der Waals surface area contributed by atoms with Crippen molar-refractivity contribution in [3.8, 4) is 0 Å². The van der Waals surface area contributed by atoms with Gasteiger partial charge in [0.25, 0.3) is 11.8 Å². The minimum absolute atomic E-state index is 0.0184. The lowest BCUT2D eigenvalue weighted by molar-refractivity contribution is 0.0742. The zero-order valence-electron chi connectivity index (χ0n) is 18.4. The number of benzene rings is 3. The number of anilines is 2. The van der Waals surface area contributed by atoms with Crippen LogP contribution in [0.1, 0.15) is 20.7 Å². The molecule has 6 nitrogen and oxygen atoms in total. The molecule has 35 heavy (non-hydrogen) atoms. The van der Waals surface area contributed by atoms with Crippen molar-refractivity contribution in [2.24, 2.45) is 0 Å². The number of rotatable bonds is 4. The molecule has 2 amide bonds. The highest BCUT2D eigenvalue weighted by Crippen LogP contribution is 2.30. The van der Waals surface area contributed by atoms with E-state index < -0.39 is 17.5 Å². The Bertz CT molecular complexity index is 1280. The molecule has 10 heteroatoms. The average molecular weight is 515 g/mol. The van der Waals surface area contributed by atoms with E-state index in [9.17, 15) is 18.4 Å². The van der Waals surface area contributed by atoms with Crippen molar-refractivity contribution in [3.05, 3.63) is 94.5 Å². The highest BCUT2D eigenvalue weighted by Gasteiger charge is 2.25. The molecule has 1 aliphatic rings. The van der Waals surface area contributed by atoms with Gasteiger partial charge in [-0.15, -0.1) is 0 Å². The molecule has 0 aliphatic carbocycles. The Labute approximate surface area is 211 Å². The van der Waals surface area contributed by atoms with Crippen LogP contribution in [0, 0.1) is 11.6 Å². The molecule has 1 aliphatic heterocycles. The van der Waals surface area contributed by atoms with Gasteiger partial charge in [0.15, 0.2) is 5.11 Å². The fraction of sp³-hybridized carbons (Fsp3) is 0.160. The third-order valence-electron chi connectivity index (χ3n) is 5.56. The third kappa shape index (κ3) is 5.75. The summed E-state index contributed by atoms with van der Waals surface area (Å²) in [4.78, 5) is 28.7. The summed E-state index contributed by atoms with van der Waals surface area (Å²) >= 11 is 11.4. The average Bonchev–Trinajstić information content (AvgIpc) is 2.84. The highest BCUT2D eigenvalue weighted by atomic mass is 35.5. The number of carbonyl (C=O) groups is 2. The van der Waals surface area contributed by atoms with E-state index in [0.717, 1.165) is 5.69 Å². The van der Waals surface area contributed by atoms with Crippen LogP contribution in [0.5, 0.6) is 0 Å². The first-order chi connectivity index (χ1) is 16.8. The number of halogens is 3. The lowest BCUT2D eigenvalue weighted by Crippen LogP contribution is -2.49. The van der Waals surface area contributed by atoms with Crippen molar-refractivity contribution < 1.29 is 18.4 Å². The first-order valence-electron chi connectivity index (χ1n) is 10.8. The van der Waals surface area contributed by atoms with Gasteiger partial charge in [0.05, 0.1) is 22.5 Å². The van der Waals surface area contributed by atoms with Crippen LogP contribution in [0.4, 0.5) is 20.2 Å². The monoisotopic (exact) mass is 514 g/mol. The summed E-state index contributed by atoms with van der Waals surface area (Å²) in [6.07, 6.45) is 0. The van der Waals surface area contributed by atoms with Gasteiger partial charge in [0.2, 0.25) is 0 Å². The number of amides is 2. The van der Waals surface area contributed by atoms with Crippen molar-refractivity contribution in [1.29, 1.82) is 0 Å². The fourth-order valence-electron chi connectivity index (χ4n) is 3.81. The van der Waals surface area contributed by atoms with Gasteiger partial charge >= 0.3 is 0 Å². The Hall–Kier alpha value is -3.56. The van der Waals surface area contributed by atoms with Crippen LogP contribution in [-0.2, 0) is 0 Å². The largest absolute Gasteiger partial charge is 0.366 e. The first-order valence-corrected chi connectivity index (χ1v) is 11.6. The minimum atomic E-state index is -0.676. The van der Waals surface area contributed by atoms with Gasteiger partial charge in [0, 0.05) is 31.2 Å². The van der Waals surface area contributed by atoms with Gasteiger partial charge < -0.3 is 15.1 Å². The number of piperazine rings is 1. The van der Waals surface area contributed by atoms with Gasteiger partial charge in [-0.1, -0.05) is 35.9 Å². The van der Waals surface area contributed by atoms with Crippen molar-refractivity contribution in [3.63, 3.8) is 0 Å². The number of thiocarbonyl (C=S) groups is 1. The predicted octanol–water partition coefficient (Wildman–Crippen LogP) is 4.71. The molecule has 0 radical (unpaired) electrons. The number of nitrogens with one attached hydrogen (secondary N) is 2. The van der Waals surface area contributed by atoms with E-state index in [2.05, 4.69) is 10.6 Å². The molecule has 0 aromatic heterocycles. The zero-order valence-corrected chi connectivity index (χ0v) is 20.0. The van der Waals surface area contributed by atoms with Crippen molar-refractivity contribution in [1.82, 2.24) is 10.2 Å². The van der Waals surface area contributed by atoms with E-state index in [4.69, 9.17) is 23.8 Å². The number of hydrogen-bond acceptors (Lipinski definition) is 4. The lowest BCUT2D eigenvalue weighted by atomic mass is 10.1. The van der Waals surface area contributed by atoms with Gasteiger partial charge in [0.1, 0.15) is 11.6 Å². The van der Waals surface area contributed by atoms with Crippen LogP contribution >= 0.6 is 23.8 Å². The van der Waals surface area contributed by atoms with Crippen LogP contribution in [-0.4, -0.2) is 48.0 Å². The molecule has 1 heterocycles. The zero-order chi connectivity index (χ0) is 24.9. The van der Waals surface area contributed by atoms with E-state index in [1.165, 1.54) is 30.3 Å². The summed E-state index contributed by atoms with van der Waals surface area (Å²) in [7, 11) is 0. The topological polar surface area (TPSA) is 64.7 Å². The molecule has 1 fully saturated rings. The van der Waals surface area contributed by atoms with E-state index in [0.29, 0.717) is 36.9 Å². The van der Waals surface area contributed by atoms with Gasteiger partial charge in [-0.2, -0.15) is 0 Å². The molecule has 4 rings (SSSR count). The van der Waals surface area contributed by atoms with E-state index in [1.807, 2.05) is 4.90 Å². The van der Waals surface area contributed by atoms with Crippen molar-refractivity contribution in [2.45, 2.75) is 0 Å². The van der Waals surface area contributed by atoms with Gasteiger partial charge in [-0.3, -0.25) is 14.9 Å². The summed E-state index contributed by atoms with van der Waals surface area (Å²) in [5.41, 5.74) is 1.23. The number of hydrogen-bond donors (Lipinski definition) is 2. The van der Waals surface area contributed by atoms with Crippen LogP contribution in [0.2, 0.25) is 5.02 Å². The molecule has 3 aromatic carbocycles. The molecule has 0 spiro atoms. The third-order valence-corrected chi connectivity index (χ3v) is 6.00. The van der Waals surface area contributed by atoms with Crippen LogP contribution in [0.15, 0.2) is 66.7 Å². The maximum Gasteiger partial charge on any atom is 0.260 e. The smallest absolute Gasteiger partial charge is 0.260 e. The van der Waals surface area contributed by atoms with E-state index in [1.54, 1.807) is 41.3 Å². The maximum atomic E-state index is 14.0. The molecule has 2 N–H and O–H groups in total. The highest BCUT2D eigenvalue weighted by molar-refractivity contribution is 7.80. The minimum Gasteiger partial charge on any atom is -0.366 e. The molecule has 3 aromatic rings. The molecule has 0 atom stereocenters. The van der Waals surface area contributed by atoms with Crippen LogP contribution in [0.25, 0.3) is 0 Å². The van der Waals surface area contributed by atoms with Crippen molar-refractivity contribution in [2.75, 3.05) is 36.4 Å². The maximum absolute atomic E-state index is 14.0. The second-order valence-corrected chi connectivity index (χ2v) is 8.65. The van der Waals surface area contributed by atoms with Crippen molar-refractivity contribution >= 4 is 52.1 Å². The Morgan fingerprint density at radius 2 is 1.46 bits per heavy atom. The normalized spacial score (nSPS) is 13.3. The quantitative estimate of drug-likeness (QED) is 0.494. The standard InChI is InChI=1S/C25H21ClF2N4O2S/c26-16-9-10-22(21(15-16)29-25(35)30-23(33)17-5-1-3-7-19(17)27)31-11-13-32(14-12-31)24(34)18-6-2-4-8-20(18)28/h1-10,15H,11-14H2,(H2,29,30,33,35). The van der Waals surface area contributed by atoms with Crippen LogP contribution in [0.3, 0.4) is 0 Å². The molecular weight excluding hydrogens is 494 g/mol. The lowest BCUT2D eigenvalue weighted by Gasteiger charge is -2.37. The summed E-state index contributed by atoms with van der Waals surface area (Å²) in [6, 6.07) is 16.7. The summed E-state index contributed by atoms with van der Waals surface area (Å²) < 4.78 is 27.9. The van der Waals surface area contributed by atoms with Crippen LogP contribution < -0.4 is 15.5 Å². The SMILES string of the molecule is O=C(NC(=S)Nc1cc(Cl)ccc1N1CCN(C(=O)c2ccccc2F)CC1)c1ccccc1F. The summed E-state index contributed by atoms with van der Waals surface area (Å²) in [6.45, 7) is 1.77. The Kier molecular flexibility index (Phi) is 7.57. The molecule has 1 saturated heterocycles. The molecule has 0 saturated carbocycles. The van der Waals surface area contributed by atoms with E-state index >= 15 is 0 Å². The number of nitrogens with zero attached hydrogens (tertiary/aromatic N) is 2. The first kappa shape index (κ1) is 24.6. The summed E-state index contributed by atoms with van der Waals surface area (Å²) in [5, 5.41) is 5.86. The fourth-order valence-corrected chi connectivity index (χ4v) is 4.18. The Morgan fingerprint density at radius 1 is 0.857 bits per heavy atom. The molecular formula is C25H21ClF2N4O2S. The predicted molar refractivity (Wildman–Crippen MR) is 136 cm³/mol. The van der Waals surface area contributed by atoms with Gasteiger partial charge in [-0.05, 0) is 54.7 Å².